The molecule has 0 fully saturated rings. The van der Waals surface area contributed by atoms with E-state index in [2.05, 4.69) is 4.98 Å². The van der Waals surface area contributed by atoms with Crippen LogP contribution in [0.25, 0.3) is 0 Å². The minimum atomic E-state index is -0.881. The van der Waals surface area contributed by atoms with Crippen LogP contribution in [0.15, 0.2) is 12.4 Å². The number of carbonyl (C=O) groups is 1. The molecule has 9 heavy (non-hydrogen) atoms. The molecular formula is C6H7NO2. The summed E-state index contributed by atoms with van der Waals surface area (Å²) in [6.45, 7) is 1.75. The summed E-state index contributed by atoms with van der Waals surface area (Å²) in [4.78, 5) is 13.0. The van der Waals surface area contributed by atoms with Gasteiger partial charge in [0.1, 0.15) is 0 Å². The Balaban J connectivity index is 3.08. The van der Waals surface area contributed by atoms with E-state index >= 15 is 0 Å². The number of rotatable bonds is 1. The average Bonchev–Trinajstić information content (AvgIpc) is 2.13. The van der Waals surface area contributed by atoms with Crippen LogP contribution in [0.5, 0.6) is 0 Å². The maximum Gasteiger partial charge on any atom is 0.337 e. The Bertz CT molecular complexity index is 227. The number of H-pyrrole nitrogens is 1. The lowest BCUT2D eigenvalue weighted by molar-refractivity contribution is 0.0696. The summed E-state index contributed by atoms with van der Waals surface area (Å²) >= 11 is 0. The first kappa shape index (κ1) is 5.88. The zero-order valence-electron chi connectivity index (χ0n) is 5.01. The van der Waals surface area contributed by atoms with Gasteiger partial charge in [0.05, 0.1) is 5.56 Å². The second-order valence-electron chi connectivity index (χ2n) is 1.86. The van der Waals surface area contributed by atoms with Crippen LogP contribution in [0.4, 0.5) is 0 Å². The van der Waals surface area contributed by atoms with Gasteiger partial charge in [-0.05, 0) is 12.5 Å². The zero-order valence-corrected chi connectivity index (χ0v) is 5.01. The van der Waals surface area contributed by atoms with Crippen molar-refractivity contribution in [2.45, 2.75) is 6.92 Å². The van der Waals surface area contributed by atoms with Gasteiger partial charge in [0.25, 0.3) is 0 Å². The van der Waals surface area contributed by atoms with Gasteiger partial charge in [-0.1, -0.05) is 0 Å². The molecule has 0 saturated carbocycles. The predicted octanol–water partition coefficient (Wildman–Crippen LogP) is 1.02. The molecule has 0 aromatic carbocycles. The number of hydrogen-bond acceptors (Lipinski definition) is 1. The first-order chi connectivity index (χ1) is 4.22. The van der Waals surface area contributed by atoms with Gasteiger partial charge in [0.2, 0.25) is 0 Å². The number of carboxylic acid groups (broad SMARTS) is 1. The molecule has 0 unspecified atom stereocenters. The summed E-state index contributed by atoms with van der Waals surface area (Å²) < 4.78 is 0. The SMILES string of the molecule is Cc1c[nH]cc1C(=O)O. The number of aromatic carboxylic acids is 1. The monoisotopic (exact) mass is 125 g/mol. The van der Waals surface area contributed by atoms with Crippen LogP contribution >= 0.6 is 0 Å². The first-order valence-corrected chi connectivity index (χ1v) is 2.58. The quantitative estimate of drug-likeness (QED) is 0.588. The van der Waals surface area contributed by atoms with E-state index in [1.54, 1.807) is 13.1 Å². The maximum absolute atomic E-state index is 10.3. The predicted molar refractivity (Wildman–Crippen MR) is 32.5 cm³/mol. The zero-order chi connectivity index (χ0) is 6.85. The largest absolute Gasteiger partial charge is 0.478 e. The lowest BCUT2D eigenvalue weighted by Gasteiger charge is -1.86. The fraction of sp³-hybridized carbons (Fsp3) is 0.167. The van der Waals surface area contributed by atoms with Gasteiger partial charge in [-0.2, -0.15) is 0 Å². The van der Waals surface area contributed by atoms with Crippen molar-refractivity contribution in [1.82, 2.24) is 4.98 Å². The van der Waals surface area contributed by atoms with E-state index in [9.17, 15) is 4.79 Å². The van der Waals surface area contributed by atoms with Crippen molar-refractivity contribution < 1.29 is 9.90 Å². The number of aryl methyl sites for hydroxylation is 1. The number of aromatic nitrogens is 1. The van der Waals surface area contributed by atoms with Gasteiger partial charge in [0, 0.05) is 12.4 Å². The Morgan fingerprint density at radius 3 is 2.56 bits per heavy atom. The molecule has 0 aliphatic rings. The summed E-state index contributed by atoms with van der Waals surface area (Å²) in [7, 11) is 0. The molecule has 48 valence electrons. The Morgan fingerprint density at radius 1 is 1.67 bits per heavy atom. The third-order valence-corrected chi connectivity index (χ3v) is 1.18. The van der Waals surface area contributed by atoms with Crippen LogP contribution in [-0.4, -0.2) is 16.1 Å². The highest BCUT2D eigenvalue weighted by Crippen LogP contribution is 2.03. The molecule has 0 amide bonds. The highest BCUT2D eigenvalue weighted by Gasteiger charge is 2.04. The van der Waals surface area contributed by atoms with Gasteiger partial charge in [-0.15, -0.1) is 0 Å². The summed E-state index contributed by atoms with van der Waals surface area (Å²) in [6, 6.07) is 0. The molecule has 0 aliphatic carbocycles. The van der Waals surface area contributed by atoms with Gasteiger partial charge in [-0.3, -0.25) is 0 Å². The molecule has 1 rings (SSSR count). The second kappa shape index (κ2) is 1.93. The molecule has 0 bridgehead atoms. The molecule has 1 heterocycles. The standard InChI is InChI=1S/C6H7NO2/c1-4-2-7-3-5(4)6(8)9/h2-3,7H,1H3,(H,8,9). The van der Waals surface area contributed by atoms with Crippen molar-refractivity contribution in [3.63, 3.8) is 0 Å². The molecule has 3 nitrogen and oxygen atoms in total. The van der Waals surface area contributed by atoms with Crippen molar-refractivity contribution in [3.05, 3.63) is 23.5 Å². The highest BCUT2D eigenvalue weighted by atomic mass is 16.4. The molecule has 2 N–H and O–H groups in total. The minimum Gasteiger partial charge on any atom is -0.478 e. The molecular weight excluding hydrogens is 118 g/mol. The number of carboxylic acids is 1. The van der Waals surface area contributed by atoms with Crippen molar-refractivity contribution in [2.24, 2.45) is 0 Å². The maximum atomic E-state index is 10.3. The first-order valence-electron chi connectivity index (χ1n) is 2.58. The van der Waals surface area contributed by atoms with Crippen molar-refractivity contribution in [2.75, 3.05) is 0 Å². The lowest BCUT2D eigenvalue weighted by atomic mass is 10.2. The molecule has 0 atom stereocenters. The highest BCUT2D eigenvalue weighted by molar-refractivity contribution is 5.88. The van der Waals surface area contributed by atoms with Crippen molar-refractivity contribution >= 4 is 5.97 Å². The minimum absolute atomic E-state index is 0.343. The van der Waals surface area contributed by atoms with Crippen LogP contribution in [0, 0.1) is 6.92 Å². The molecule has 1 aromatic heterocycles. The molecule has 1 aromatic rings. The van der Waals surface area contributed by atoms with Crippen LogP contribution in [0.2, 0.25) is 0 Å². The van der Waals surface area contributed by atoms with Crippen LogP contribution in [0.1, 0.15) is 15.9 Å². The molecule has 0 saturated heterocycles. The molecule has 0 radical (unpaired) electrons. The summed E-state index contributed by atoms with van der Waals surface area (Å²) in [5, 5.41) is 8.43. The molecule has 0 spiro atoms. The number of aromatic amines is 1. The third kappa shape index (κ3) is 0.937. The van der Waals surface area contributed by atoms with E-state index in [0.29, 0.717) is 5.56 Å². The van der Waals surface area contributed by atoms with E-state index in [1.807, 2.05) is 0 Å². The number of hydrogen-bond donors (Lipinski definition) is 2. The van der Waals surface area contributed by atoms with Gasteiger partial charge < -0.3 is 10.1 Å². The second-order valence-corrected chi connectivity index (χ2v) is 1.86. The fourth-order valence-corrected chi connectivity index (χ4v) is 0.672. The van der Waals surface area contributed by atoms with E-state index in [1.165, 1.54) is 6.20 Å². The van der Waals surface area contributed by atoms with E-state index in [4.69, 9.17) is 5.11 Å². The Morgan fingerprint density at radius 2 is 2.33 bits per heavy atom. The Labute approximate surface area is 52.3 Å². The Kier molecular flexibility index (Phi) is 1.26. The summed E-state index contributed by atoms with van der Waals surface area (Å²) in [5.74, 6) is -0.881. The normalized spacial score (nSPS) is 9.44. The summed E-state index contributed by atoms with van der Waals surface area (Å²) in [6.07, 6.45) is 3.13. The van der Waals surface area contributed by atoms with Crippen molar-refractivity contribution in [1.29, 1.82) is 0 Å². The van der Waals surface area contributed by atoms with E-state index in [0.717, 1.165) is 5.56 Å². The molecule has 0 aliphatic heterocycles. The van der Waals surface area contributed by atoms with Crippen LogP contribution in [-0.2, 0) is 0 Å². The summed E-state index contributed by atoms with van der Waals surface area (Å²) in [5.41, 5.74) is 1.11. The topological polar surface area (TPSA) is 53.1 Å². The third-order valence-electron chi connectivity index (χ3n) is 1.18. The number of nitrogens with one attached hydrogen (secondary N) is 1. The van der Waals surface area contributed by atoms with Crippen molar-refractivity contribution in [3.8, 4) is 0 Å². The Hall–Kier alpha value is -1.25. The fourth-order valence-electron chi connectivity index (χ4n) is 0.672. The van der Waals surface area contributed by atoms with Crippen LogP contribution in [0.3, 0.4) is 0 Å². The lowest BCUT2D eigenvalue weighted by Crippen LogP contribution is -1.94. The van der Waals surface area contributed by atoms with Gasteiger partial charge >= 0.3 is 5.97 Å². The van der Waals surface area contributed by atoms with Crippen LogP contribution < -0.4 is 0 Å². The smallest absolute Gasteiger partial charge is 0.337 e. The van der Waals surface area contributed by atoms with E-state index < -0.39 is 5.97 Å². The average molecular weight is 125 g/mol. The molecule has 3 heteroatoms. The van der Waals surface area contributed by atoms with Gasteiger partial charge in [-0.25, -0.2) is 4.79 Å². The van der Waals surface area contributed by atoms with E-state index in [-0.39, 0.29) is 0 Å². The van der Waals surface area contributed by atoms with Gasteiger partial charge in [0.15, 0.2) is 0 Å².